The molecule has 0 aliphatic heterocycles. The van der Waals surface area contributed by atoms with Gasteiger partial charge in [0.1, 0.15) is 5.69 Å². The number of hydrogen-bond acceptors (Lipinski definition) is 9. The van der Waals surface area contributed by atoms with Crippen LogP contribution in [0, 0.1) is 6.92 Å². The number of pyridine rings is 1. The highest BCUT2D eigenvalue weighted by Gasteiger charge is 2.22. The standard InChI is InChI=1S/C20H17N9O2S/c1-13-17(19(30)29(27(13)2)14-8-4-3-5-9-14)28-20(23-25-26-28)32-12-16-22-18(24-31-16)15-10-6-7-11-21-15/h3-11H,12H2,1-2H3. The zero-order valence-corrected chi connectivity index (χ0v) is 18.0. The third-order valence-corrected chi connectivity index (χ3v) is 5.77. The molecular weight excluding hydrogens is 430 g/mol. The average Bonchev–Trinajstić information content (AvgIpc) is 3.53. The fourth-order valence-corrected chi connectivity index (χ4v) is 3.96. The van der Waals surface area contributed by atoms with Gasteiger partial charge in [0.2, 0.25) is 16.9 Å². The summed E-state index contributed by atoms with van der Waals surface area (Å²) < 4.78 is 10.1. The Kier molecular flexibility index (Phi) is 5.11. The molecule has 160 valence electrons. The lowest BCUT2D eigenvalue weighted by Crippen LogP contribution is -2.22. The Hall–Kier alpha value is -4.06. The average molecular weight is 447 g/mol. The maximum absolute atomic E-state index is 13.3. The van der Waals surface area contributed by atoms with Crippen LogP contribution >= 0.6 is 11.8 Å². The van der Waals surface area contributed by atoms with Gasteiger partial charge in [-0.15, -0.1) is 5.10 Å². The molecule has 5 aromatic rings. The molecule has 0 bridgehead atoms. The van der Waals surface area contributed by atoms with E-state index < -0.39 is 0 Å². The van der Waals surface area contributed by atoms with Crippen molar-refractivity contribution in [1.29, 1.82) is 0 Å². The van der Waals surface area contributed by atoms with E-state index in [4.69, 9.17) is 4.52 Å². The van der Waals surface area contributed by atoms with Crippen molar-refractivity contribution in [2.75, 3.05) is 0 Å². The van der Waals surface area contributed by atoms with E-state index in [0.29, 0.717) is 34.0 Å². The van der Waals surface area contributed by atoms with Crippen LogP contribution in [-0.4, -0.2) is 44.7 Å². The number of rotatable bonds is 6. The largest absolute Gasteiger partial charge is 0.338 e. The Morgan fingerprint density at radius 2 is 1.91 bits per heavy atom. The van der Waals surface area contributed by atoms with Gasteiger partial charge in [0.15, 0.2) is 5.69 Å². The molecule has 0 radical (unpaired) electrons. The molecule has 5 rings (SSSR count). The molecule has 4 aromatic heterocycles. The maximum atomic E-state index is 13.3. The zero-order valence-electron chi connectivity index (χ0n) is 17.2. The fourth-order valence-electron chi connectivity index (χ4n) is 3.25. The van der Waals surface area contributed by atoms with Gasteiger partial charge in [0.25, 0.3) is 5.56 Å². The van der Waals surface area contributed by atoms with Crippen LogP contribution in [0.4, 0.5) is 0 Å². The molecule has 0 amide bonds. The Labute approximate surface area is 185 Å². The smallest absolute Gasteiger partial charge is 0.297 e. The van der Waals surface area contributed by atoms with Gasteiger partial charge in [-0.05, 0) is 41.6 Å². The van der Waals surface area contributed by atoms with E-state index in [1.165, 1.54) is 16.4 Å². The Bertz CT molecular complexity index is 1420. The molecule has 0 fully saturated rings. The lowest BCUT2D eigenvalue weighted by molar-refractivity contribution is 0.391. The summed E-state index contributed by atoms with van der Waals surface area (Å²) in [6.45, 7) is 1.85. The first kappa shape index (κ1) is 19.9. The number of benzene rings is 1. The van der Waals surface area contributed by atoms with Crippen molar-refractivity contribution in [2.24, 2.45) is 7.05 Å². The third-order valence-electron chi connectivity index (χ3n) is 4.86. The van der Waals surface area contributed by atoms with Gasteiger partial charge in [-0.1, -0.05) is 41.2 Å². The molecule has 0 aliphatic carbocycles. The quantitative estimate of drug-likeness (QED) is 0.360. The Morgan fingerprint density at radius 3 is 2.69 bits per heavy atom. The number of aromatic nitrogens is 9. The molecule has 0 spiro atoms. The van der Waals surface area contributed by atoms with E-state index in [9.17, 15) is 4.79 Å². The van der Waals surface area contributed by atoms with E-state index in [-0.39, 0.29) is 5.56 Å². The van der Waals surface area contributed by atoms with Gasteiger partial charge in [-0.2, -0.15) is 9.67 Å². The summed E-state index contributed by atoms with van der Waals surface area (Å²) in [5, 5.41) is 16.3. The monoisotopic (exact) mass is 447 g/mol. The molecule has 0 aliphatic rings. The summed E-state index contributed by atoms with van der Waals surface area (Å²) in [4.78, 5) is 21.8. The number of hydrogen-bond donors (Lipinski definition) is 0. The predicted octanol–water partition coefficient (Wildman–Crippen LogP) is 2.20. The van der Waals surface area contributed by atoms with Crippen LogP contribution in [0.25, 0.3) is 22.9 Å². The molecular formula is C20H17N9O2S. The normalized spacial score (nSPS) is 11.2. The van der Waals surface area contributed by atoms with E-state index in [1.807, 2.05) is 56.4 Å². The minimum Gasteiger partial charge on any atom is -0.338 e. The highest BCUT2D eigenvalue weighted by Crippen LogP contribution is 2.23. The van der Waals surface area contributed by atoms with Gasteiger partial charge in [-0.25, -0.2) is 4.68 Å². The molecule has 0 unspecified atom stereocenters. The summed E-state index contributed by atoms with van der Waals surface area (Å²) in [7, 11) is 1.82. The number of nitrogens with zero attached hydrogens (tertiary/aromatic N) is 9. The first-order chi connectivity index (χ1) is 15.6. The Morgan fingerprint density at radius 1 is 1.09 bits per heavy atom. The van der Waals surface area contributed by atoms with Gasteiger partial charge in [0.05, 0.1) is 17.1 Å². The van der Waals surface area contributed by atoms with Crippen LogP contribution in [0.1, 0.15) is 11.6 Å². The lowest BCUT2D eigenvalue weighted by Gasteiger charge is -2.07. The molecule has 0 N–H and O–H groups in total. The van der Waals surface area contributed by atoms with Crippen LogP contribution in [0.2, 0.25) is 0 Å². The van der Waals surface area contributed by atoms with Crippen LogP contribution in [0.3, 0.4) is 0 Å². The molecule has 0 atom stereocenters. The second kappa shape index (κ2) is 8.23. The lowest BCUT2D eigenvalue weighted by atomic mass is 10.3. The highest BCUT2D eigenvalue weighted by molar-refractivity contribution is 7.98. The summed E-state index contributed by atoms with van der Waals surface area (Å²) in [5.41, 5.74) is 2.26. The van der Waals surface area contributed by atoms with Gasteiger partial charge in [0, 0.05) is 13.2 Å². The number of para-hydroxylation sites is 1. The van der Waals surface area contributed by atoms with E-state index >= 15 is 0 Å². The van der Waals surface area contributed by atoms with Crippen LogP contribution < -0.4 is 5.56 Å². The van der Waals surface area contributed by atoms with Crippen molar-refractivity contribution in [3.63, 3.8) is 0 Å². The van der Waals surface area contributed by atoms with E-state index in [1.54, 1.807) is 21.6 Å². The second-order valence-corrected chi connectivity index (χ2v) is 7.74. The second-order valence-electron chi connectivity index (χ2n) is 6.80. The van der Waals surface area contributed by atoms with Crippen molar-refractivity contribution in [1.82, 2.24) is 44.7 Å². The van der Waals surface area contributed by atoms with E-state index in [2.05, 4.69) is 30.7 Å². The SMILES string of the molecule is Cc1c(-n2nnnc2SCc2nc(-c3ccccn3)no2)c(=O)n(-c2ccccc2)n1C. The maximum Gasteiger partial charge on any atom is 0.297 e. The third kappa shape index (κ3) is 3.50. The fraction of sp³-hybridized carbons (Fsp3) is 0.150. The van der Waals surface area contributed by atoms with Crippen molar-refractivity contribution in [2.45, 2.75) is 17.8 Å². The van der Waals surface area contributed by atoms with Crippen molar-refractivity contribution < 1.29 is 4.52 Å². The zero-order chi connectivity index (χ0) is 22.1. The predicted molar refractivity (Wildman–Crippen MR) is 116 cm³/mol. The molecule has 0 saturated carbocycles. The minimum atomic E-state index is -0.222. The molecule has 1 aromatic carbocycles. The van der Waals surface area contributed by atoms with Crippen LogP contribution in [0.15, 0.2) is 69.2 Å². The van der Waals surface area contributed by atoms with Crippen molar-refractivity contribution in [3.8, 4) is 22.9 Å². The molecule has 0 saturated heterocycles. The molecule has 32 heavy (non-hydrogen) atoms. The summed E-state index contributed by atoms with van der Waals surface area (Å²) in [6.07, 6.45) is 1.67. The van der Waals surface area contributed by atoms with Crippen LogP contribution in [-0.2, 0) is 12.8 Å². The first-order valence-corrected chi connectivity index (χ1v) is 10.6. The van der Waals surface area contributed by atoms with Crippen LogP contribution in [0.5, 0.6) is 0 Å². The van der Waals surface area contributed by atoms with Gasteiger partial charge in [-0.3, -0.25) is 14.5 Å². The molecule has 12 heteroatoms. The van der Waals surface area contributed by atoms with Crippen molar-refractivity contribution >= 4 is 11.8 Å². The minimum absolute atomic E-state index is 0.222. The van der Waals surface area contributed by atoms with Crippen molar-refractivity contribution in [3.05, 3.63) is 76.7 Å². The summed E-state index contributed by atoms with van der Waals surface area (Å²) >= 11 is 1.29. The number of thioether (sulfide) groups is 1. The topological polar surface area (TPSA) is 122 Å². The molecule has 4 heterocycles. The van der Waals surface area contributed by atoms with Gasteiger partial charge < -0.3 is 4.52 Å². The Balaban J connectivity index is 1.43. The number of tetrazole rings is 1. The van der Waals surface area contributed by atoms with E-state index in [0.717, 1.165) is 11.4 Å². The molecule has 11 nitrogen and oxygen atoms in total. The summed E-state index contributed by atoms with van der Waals surface area (Å²) in [6, 6.07) is 14.9. The summed E-state index contributed by atoms with van der Waals surface area (Å²) in [5.74, 6) is 1.14. The highest BCUT2D eigenvalue weighted by atomic mass is 32.2. The van der Waals surface area contributed by atoms with Gasteiger partial charge >= 0.3 is 0 Å². The first-order valence-electron chi connectivity index (χ1n) is 9.63.